The van der Waals surface area contributed by atoms with Gasteiger partial charge in [0.2, 0.25) is 0 Å². The van der Waals surface area contributed by atoms with Crippen LogP contribution in [0.15, 0.2) is 35.3 Å². The predicted octanol–water partition coefficient (Wildman–Crippen LogP) is 2.09. The van der Waals surface area contributed by atoms with E-state index in [0.717, 1.165) is 5.56 Å². The minimum absolute atomic E-state index is 0. The van der Waals surface area contributed by atoms with E-state index in [9.17, 15) is 9.32 Å². The van der Waals surface area contributed by atoms with Crippen molar-refractivity contribution in [2.24, 2.45) is 4.99 Å². The first kappa shape index (κ1) is 23.3. The summed E-state index contributed by atoms with van der Waals surface area (Å²) in [4.78, 5) is 4.16. The van der Waals surface area contributed by atoms with Gasteiger partial charge >= 0.3 is 0 Å². The highest BCUT2D eigenvalue weighted by molar-refractivity contribution is 14.0. The molecule has 1 aromatic rings. The van der Waals surface area contributed by atoms with Gasteiger partial charge in [0.15, 0.2) is 5.96 Å². The number of rotatable bonds is 7. The third kappa shape index (κ3) is 8.43. The second kappa shape index (κ2) is 11.8. The van der Waals surface area contributed by atoms with Crippen LogP contribution in [0, 0.1) is 0 Å². The van der Waals surface area contributed by atoms with Crippen LogP contribution in [0.5, 0.6) is 0 Å². The first-order chi connectivity index (χ1) is 10.9. The van der Waals surface area contributed by atoms with Gasteiger partial charge in [-0.1, -0.05) is 30.3 Å². The second-order valence-corrected chi connectivity index (χ2v) is 8.66. The minimum Gasteiger partial charge on any atom is -0.396 e. The molecule has 5 nitrogen and oxygen atoms in total. The highest BCUT2D eigenvalue weighted by atomic mass is 127. The maximum absolute atomic E-state index is 12.0. The van der Waals surface area contributed by atoms with Crippen molar-refractivity contribution in [2.45, 2.75) is 31.4 Å². The first-order valence-corrected chi connectivity index (χ1v) is 9.19. The van der Waals surface area contributed by atoms with Gasteiger partial charge in [-0.05, 0) is 26.3 Å². The molecule has 0 spiro atoms. The number of halogens is 1. The molecule has 24 heavy (non-hydrogen) atoms. The highest BCUT2D eigenvalue weighted by Crippen LogP contribution is 2.13. The van der Waals surface area contributed by atoms with Gasteiger partial charge in [0.25, 0.3) is 0 Å². The van der Waals surface area contributed by atoms with E-state index in [1.165, 1.54) is 0 Å². The molecule has 1 rings (SSSR count). The number of hydrogen-bond donors (Lipinski definition) is 3. The van der Waals surface area contributed by atoms with E-state index in [-0.39, 0.29) is 41.2 Å². The van der Waals surface area contributed by atoms with Crippen LogP contribution >= 0.6 is 24.0 Å². The van der Waals surface area contributed by atoms with Crippen molar-refractivity contribution >= 4 is 40.7 Å². The van der Waals surface area contributed by atoms with E-state index in [2.05, 4.69) is 15.6 Å². The molecule has 1 aromatic carbocycles. The summed E-state index contributed by atoms with van der Waals surface area (Å²) in [6.07, 6.45) is 0. The number of aliphatic imine (C=N–C) groups is 1. The van der Waals surface area contributed by atoms with Crippen LogP contribution in [0.25, 0.3) is 0 Å². The fraction of sp³-hybridized carbons (Fsp3) is 0.588. The molecule has 0 heterocycles. The van der Waals surface area contributed by atoms with Crippen LogP contribution < -0.4 is 10.6 Å². The molecule has 0 aromatic heterocycles. The zero-order valence-corrected chi connectivity index (χ0v) is 18.1. The molecule has 0 saturated carbocycles. The van der Waals surface area contributed by atoms with E-state index in [4.69, 9.17) is 0 Å². The average Bonchev–Trinajstić information content (AvgIpc) is 2.53. The number of aliphatic hydroxyl groups excluding tert-OH is 1. The predicted molar refractivity (Wildman–Crippen MR) is 114 cm³/mol. The quantitative estimate of drug-likeness (QED) is 0.326. The summed E-state index contributed by atoms with van der Waals surface area (Å²) in [7, 11) is 0.816. The van der Waals surface area contributed by atoms with Gasteiger partial charge in [0, 0.05) is 47.4 Å². The topological polar surface area (TPSA) is 73.7 Å². The van der Waals surface area contributed by atoms with Gasteiger partial charge in [-0.2, -0.15) is 0 Å². The molecule has 0 radical (unpaired) electrons. The Morgan fingerprint density at radius 1 is 1.25 bits per heavy atom. The van der Waals surface area contributed by atoms with Crippen molar-refractivity contribution in [3.8, 4) is 0 Å². The van der Waals surface area contributed by atoms with Crippen molar-refractivity contribution in [3.05, 3.63) is 35.9 Å². The Morgan fingerprint density at radius 3 is 2.38 bits per heavy atom. The minimum atomic E-state index is -0.885. The van der Waals surface area contributed by atoms with Crippen molar-refractivity contribution < 1.29 is 9.32 Å². The molecule has 0 aliphatic carbocycles. The smallest absolute Gasteiger partial charge is 0.191 e. The Hall–Kier alpha value is -0.670. The number of hydrogen-bond acceptors (Lipinski definition) is 3. The molecule has 138 valence electrons. The Morgan fingerprint density at radius 2 is 1.88 bits per heavy atom. The van der Waals surface area contributed by atoms with Crippen LogP contribution in [0.4, 0.5) is 0 Å². The van der Waals surface area contributed by atoms with Gasteiger partial charge in [-0.25, -0.2) is 0 Å². The van der Waals surface area contributed by atoms with Crippen LogP contribution in [0.2, 0.25) is 0 Å². The molecule has 0 amide bonds. The lowest BCUT2D eigenvalue weighted by Crippen LogP contribution is -2.42. The van der Waals surface area contributed by atoms with Crippen LogP contribution in [0.1, 0.15) is 32.3 Å². The van der Waals surface area contributed by atoms with Crippen molar-refractivity contribution in [3.63, 3.8) is 0 Å². The molecule has 0 aliphatic heterocycles. The maximum atomic E-state index is 12.0. The molecule has 0 bridgehead atoms. The molecule has 7 heteroatoms. The number of nitrogens with zero attached hydrogens (tertiary/aromatic N) is 1. The van der Waals surface area contributed by atoms with E-state index in [1.807, 2.05) is 51.1 Å². The largest absolute Gasteiger partial charge is 0.396 e. The summed E-state index contributed by atoms with van der Waals surface area (Å²) < 4.78 is 11.8. The summed E-state index contributed by atoms with van der Waals surface area (Å²) >= 11 is 0. The number of nitrogens with one attached hydrogen (secondary N) is 2. The van der Waals surface area contributed by atoms with Gasteiger partial charge < -0.3 is 15.7 Å². The molecule has 3 N–H and O–H groups in total. The summed E-state index contributed by atoms with van der Waals surface area (Å²) in [5.74, 6) is 1.25. The van der Waals surface area contributed by atoms with Crippen LogP contribution in [0.3, 0.4) is 0 Å². The van der Waals surface area contributed by atoms with E-state index in [1.54, 1.807) is 7.05 Å². The molecule has 0 aliphatic rings. The monoisotopic (exact) mass is 467 g/mol. The van der Waals surface area contributed by atoms with E-state index < -0.39 is 10.8 Å². The van der Waals surface area contributed by atoms with Gasteiger partial charge in [-0.15, -0.1) is 24.0 Å². The van der Waals surface area contributed by atoms with Crippen molar-refractivity contribution in [1.29, 1.82) is 0 Å². The number of benzene rings is 1. The highest BCUT2D eigenvalue weighted by Gasteiger charge is 2.18. The summed E-state index contributed by atoms with van der Waals surface area (Å²) in [5, 5.41) is 15.9. The summed E-state index contributed by atoms with van der Waals surface area (Å²) in [5.41, 5.74) is 1.09. The van der Waals surface area contributed by atoms with Crippen LogP contribution in [-0.4, -0.2) is 52.5 Å². The molecule has 0 fully saturated rings. The third-order valence-electron chi connectivity index (χ3n) is 3.49. The SMILES string of the molecule is CN=C(NCCS(=O)C(C)(C)C)NCC(CO)c1ccccc1.I. The summed E-state index contributed by atoms with van der Waals surface area (Å²) in [6.45, 7) is 7.18. The van der Waals surface area contributed by atoms with Crippen LogP contribution in [-0.2, 0) is 10.8 Å². The molecular formula is C17H30IN3O2S. The summed E-state index contributed by atoms with van der Waals surface area (Å²) in [6, 6.07) is 9.90. The lowest BCUT2D eigenvalue weighted by Gasteiger charge is -2.20. The van der Waals surface area contributed by atoms with E-state index in [0.29, 0.717) is 24.8 Å². The van der Waals surface area contributed by atoms with Gasteiger partial charge in [-0.3, -0.25) is 9.20 Å². The zero-order valence-electron chi connectivity index (χ0n) is 14.9. The van der Waals surface area contributed by atoms with Gasteiger partial charge in [0.1, 0.15) is 0 Å². The third-order valence-corrected chi connectivity index (χ3v) is 5.43. The second-order valence-electron chi connectivity index (χ2n) is 6.33. The zero-order chi connectivity index (χ0) is 17.3. The standard InChI is InChI=1S/C17H29N3O2S.HI/c1-17(2,3)23(22)11-10-19-16(18-4)20-12-15(13-21)14-8-6-5-7-9-14;/h5-9,15,21H,10-13H2,1-4H3,(H2,18,19,20);1H. The average molecular weight is 467 g/mol. The van der Waals surface area contributed by atoms with Gasteiger partial charge in [0.05, 0.1) is 6.61 Å². The fourth-order valence-electron chi connectivity index (χ4n) is 2.02. The molecule has 2 unspecified atom stereocenters. The van der Waals surface area contributed by atoms with Crippen molar-refractivity contribution in [2.75, 3.05) is 32.5 Å². The first-order valence-electron chi connectivity index (χ1n) is 7.87. The fourth-order valence-corrected chi connectivity index (χ4v) is 2.92. The Labute approximate surface area is 165 Å². The number of aliphatic hydroxyl groups is 1. The maximum Gasteiger partial charge on any atom is 0.191 e. The molecule has 2 atom stereocenters. The Balaban J connectivity index is 0.00000529. The number of guanidine groups is 1. The Kier molecular flexibility index (Phi) is 11.5. The molecular weight excluding hydrogens is 437 g/mol. The Bertz CT molecular complexity index is 518. The lowest BCUT2D eigenvalue weighted by atomic mass is 10.0. The van der Waals surface area contributed by atoms with Crippen molar-refractivity contribution in [1.82, 2.24) is 10.6 Å². The normalized spacial score (nSPS) is 14.5. The van der Waals surface area contributed by atoms with E-state index >= 15 is 0 Å². The lowest BCUT2D eigenvalue weighted by molar-refractivity contribution is 0.265. The molecule has 0 saturated heterocycles.